The minimum atomic E-state index is 0. The molecule has 0 amide bonds. The molecule has 1 atom stereocenters. The van der Waals surface area contributed by atoms with Crippen LogP contribution in [0.3, 0.4) is 0 Å². The Bertz CT molecular complexity index is 537. The van der Waals surface area contributed by atoms with Crippen LogP contribution in [0.5, 0.6) is 0 Å². The average Bonchev–Trinajstić information content (AvgIpc) is 2.92. The quantitative estimate of drug-likeness (QED) is 0.919. The standard InChI is InChI=1S/C12H16N4OS.ClH/c1-7(13-2)5-10-15-11(17-16-10)9-6-18-12(14-9)8-3-4-8;/h6-8,13H,3-5H2,1-2H3;1H. The second kappa shape index (κ2) is 5.98. The summed E-state index contributed by atoms with van der Waals surface area (Å²) in [5.41, 5.74) is 0.817. The first-order valence-electron chi connectivity index (χ1n) is 6.22. The lowest BCUT2D eigenvalue weighted by Gasteiger charge is -2.04. The van der Waals surface area contributed by atoms with Crippen molar-refractivity contribution < 1.29 is 4.52 Å². The highest BCUT2D eigenvalue weighted by Crippen LogP contribution is 2.42. The van der Waals surface area contributed by atoms with Crippen LogP contribution in [0.4, 0.5) is 0 Å². The van der Waals surface area contributed by atoms with Gasteiger partial charge in [-0.15, -0.1) is 23.7 Å². The average molecular weight is 301 g/mol. The summed E-state index contributed by atoms with van der Waals surface area (Å²) >= 11 is 1.69. The minimum Gasteiger partial charge on any atom is -0.332 e. The van der Waals surface area contributed by atoms with Gasteiger partial charge in [-0.1, -0.05) is 5.16 Å². The largest absolute Gasteiger partial charge is 0.332 e. The smallest absolute Gasteiger partial charge is 0.277 e. The highest BCUT2D eigenvalue weighted by molar-refractivity contribution is 7.10. The molecule has 3 rings (SSSR count). The fraction of sp³-hybridized carbons (Fsp3) is 0.583. The maximum Gasteiger partial charge on any atom is 0.277 e. The first-order valence-corrected chi connectivity index (χ1v) is 7.10. The molecule has 2 aromatic heterocycles. The lowest BCUT2D eigenvalue weighted by atomic mass is 10.2. The van der Waals surface area contributed by atoms with Crippen molar-refractivity contribution >= 4 is 23.7 Å². The zero-order valence-corrected chi connectivity index (χ0v) is 12.6. The number of halogens is 1. The van der Waals surface area contributed by atoms with Crippen molar-refractivity contribution in [3.05, 3.63) is 16.2 Å². The van der Waals surface area contributed by atoms with E-state index in [1.807, 2.05) is 12.4 Å². The van der Waals surface area contributed by atoms with Gasteiger partial charge in [0.25, 0.3) is 5.89 Å². The van der Waals surface area contributed by atoms with E-state index < -0.39 is 0 Å². The molecule has 1 aliphatic rings. The van der Waals surface area contributed by atoms with Crippen LogP contribution in [-0.2, 0) is 6.42 Å². The van der Waals surface area contributed by atoms with Gasteiger partial charge in [-0.05, 0) is 26.8 Å². The molecule has 0 spiro atoms. The van der Waals surface area contributed by atoms with E-state index in [4.69, 9.17) is 4.52 Å². The van der Waals surface area contributed by atoms with Gasteiger partial charge < -0.3 is 9.84 Å². The van der Waals surface area contributed by atoms with Gasteiger partial charge in [-0.25, -0.2) is 4.98 Å². The van der Waals surface area contributed by atoms with E-state index in [0.717, 1.165) is 17.9 Å². The summed E-state index contributed by atoms with van der Waals surface area (Å²) in [6.07, 6.45) is 3.29. The Morgan fingerprint density at radius 1 is 1.47 bits per heavy atom. The molecule has 0 bridgehead atoms. The number of hydrogen-bond acceptors (Lipinski definition) is 6. The number of thiazole rings is 1. The molecule has 1 unspecified atom stereocenters. The van der Waals surface area contributed by atoms with E-state index in [9.17, 15) is 0 Å². The third-order valence-electron chi connectivity index (χ3n) is 3.12. The summed E-state index contributed by atoms with van der Waals surface area (Å²) in [4.78, 5) is 8.95. The van der Waals surface area contributed by atoms with Crippen molar-refractivity contribution in [3.8, 4) is 11.6 Å². The first kappa shape index (κ1) is 14.4. The van der Waals surface area contributed by atoms with Crippen molar-refractivity contribution in [3.63, 3.8) is 0 Å². The first-order chi connectivity index (χ1) is 8.76. The van der Waals surface area contributed by atoms with Gasteiger partial charge in [0, 0.05) is 23.8 Å². The molecule has 1 aliphatic carbocycles. The predicted octanol–water partition coefficient (Wildman–Crippen LogP) is 2.64. The van der Waals surface area contributed by atoms with Gasteiger partial charge in [-0.3, -0.25) is 0 Å². The van der Waals surface area contributed by atoms with Crippen LogP contribution in [0.1, 0.15) is 36.5 Å². The molecule has 2 aromatic rings. The zero-order valence-electron chi connectivity index (χ0n) is 10.9. The van der Waals surface area contributed by atoms with Crippen LogP contribution in [-0.4, -0.2) is 28.2 Å². The molecular weight excluding hydrogens is 284 g/mol. The summed E-state index contributed by atoms with van der Waals surface area (Å²) in [6, 6.07) is 0.341. The molecule has 1 N–H and O–H groups in total. The van der Waals surface area contributed by atoms with E-state index in [1.165, 1.54) is 17.8 Å². The van der Waals surface area contributed by atoms with Crippen molar-refractivity contribution in [1.29, 1.82) is 0 Å². The molecule has 7 heteroatoms. The van der Waals surface area contributed by atoms with Crippen LogP contribution in [0.15, 0.2) is 9.90 Å². The molecule has 2 heterocycles. The summed E-state index contributed by atoms with van der Waals surface area (Å²) in [6.45, 7) is 2.09. The van der Waals surface area contributed by atoms with Crippen LogP contribution in [0, 0.1) is 0 Å². The normalized spacial score (nSPS) is 16.1. The molecule has 0 radical (unpaired) electrons. The van der Waals surface area contributed by atoms with Crippen molar-refractivity contribution in [2.24, 2.45) is 0 Å². The fourth-order valence-electron chi connectivity index (χ4n) is 1.72. The Labute approximate surface area is 122 Å². The third-order valence-corrected chi connectivity index (χ3v) is 4.12. The SMILES string of the molecule is CNC(C)Cc1noc(-c2csc(C3CC3)n2)n1.Cl. The summed E-state index contributed by atoms with van der Waals surface area (Å²) < 4.78 is 5.26. The van der Waals surface area contributed by atoms with E-state index in [0.29, 0.717) is 17.9 Å². The second-order valence-corrected chi connectivity index (χ2v) is 5.64. The molecule has 19 heavy (non-hydrogen) atoms. The highest BCUT2D eigenvalue weighted by Gasteiger charge is 2.27. The van der Waals surface area contributed by atoms with E-state index in [-0.39, 0.29) is 12.4 Å². The molecule has 0 saturated heterocycles. The molecule has 5 nitrogen and oxygen atoms in total. The number of nitrogens with zero attached hydrogens (tertiary/aromatic N) is 3. The molecule has 1 saturated carbocycles. The molecule has 0 aromatic carbocycles. The Hall–Kier alpha value is -0.980. The Morgan fingerprint density at radius 2 is 2.26 bits per heavy atom. The van der Waals surface area contributed by atoms with Gasteiger partial charge in [0.05, 0.1) is 5.01 Å². The van der Waals surface area contributed by atoms with E-state index in [2.05, 4.69) is 27.4 Å². The Balaban J connectivity index is 0.00000133. The van der Waals surface area contributed by atoms with Crippen LogP contribution in [0.25, 0.3) is 11.6 Å². The molecule has 0 aliphatic heterocycles. The summed E-state index contributed by atoms with van der Waals surface area (Å²) in [7, 11) is 1.92. The van der Waals surface area contributed by atoms with Crippen molar-refractivity contribution in [2.45, 2.75) is 38.1 Å². The van der Waals surface area contributed by atoms with Gasteiger partial charge in [0.15, 0.2) is 5.82 Å². The second-order valence-electron chi connectivity index (χ2n) is 4.75. The van der Waals surface area contributed by atoms with Gasteiger partial charge in [-0.2, -0.15) is 4.98 Å². The van der Waals surface area contributed by atoms with Gasteiger partial charge in [0.1, 0.15) is 5.69 Å². The van der Waals surface area contributed by atoms with Crippen LogP contribution >= 0.6 is 23.7 Å². The fourth-order valence-corrected chi connectivity index (χ4v) is 2.69. The number of hydrogen-bond donors (Lipinski definition) is 1. The maximum atomic E-state index is 5.26. The van der Waals surface area contributed by atoms with Crippen LogP contribution < -0.4 is 5.32 Å². The predicted molar refractivity (Wildman–Crippen MR) is 76.9 cm³/mol. The summed E-state index contributed by atoms with van der Waals surface area (Å²) in [5, 5.41) is 10.4. The highest BCUT2D eigenvalue weighted by atomic mass is 35.5. The topological polar surface area (TPSA) is 63.8 Å². The monoisotopic (exact) mass is 300 g/mol. The summed E-state index contributed by atoms with van der Waals surface area (Å²) in [5.74, 6) is 1.94. The molecule has 1 fully saturated rings. The third kappa shape index (κ3) is 3.32. The zero-order chi connectivity index (χ0) is 12.5. The maximum absolute atomic E-state index is 5.26. The number of nitrogens with one attached hydrogen (secondary N) is 1. The molecule has 104 valence electrons. The van der Waals surface area contributed by atoms with E-state index >= 15 is 0 Å². The molecular formula is C12H17ClN4OS. The van der Waals surface area contributed by atoms with Crippen molar-refractivity contribution in [2.75, 3.05) is 7.05 Å². The van der Waals surface area contributed by atoms with Crippen molar-refractivity contribution in [1.82, 2.24) is 20.4 Å². The number of likely N-dealkylation sites (N-methyl/N-ethyl adjacent to an activating group) is 1. The van der Waals surface area contributed by atoms with Gasteiger partial charge in [0.2, 0.25) is 0 Å². The lowest BCUT2D eigenvalue weighted by molar-refractivity contribution is 0.417. The number of rotatable bonds is 5. The van der Waals surface area contributed by atoms with Crippen LogP contribution in [0.2, 0.25) is 0 Å². The number of aromatic nitrogens is 3. The van der Waals surface area contributed by atoms with Gasteiger partial charge >= 0.3 is 0 Å². The minimum absolute atomic E-state index is 0. The van der Waals surface area contributed by atoms with E-state index in [1.54, 1.807) is 11.3 Å². The Morgan fingerprint density at radius 3 is 2.95 bits per heavy atom. The lowest BCUT2D eigenvalue weighted by Crippen LogP contribution is -2.24. The Kier molecular flexibility index (Phi) is 4.54.